The first-order valence-electron chi connectivity index (χ1n) is 8.90. The molecule has 0 heterocycles. The van der Waals surface area contributed by atoms with Crippen LogP contribution in [-0.4, -0.2) is 21.2 Å². The molecule has 0 radical (unpaired) electrons. The first-order valence-corrected chi connectivity index (χ1v) is 11.4. The van der Waals surface area contributed by atoms with Crippen LogP contribution in [0.1, 0.15) is 5.56 Å². The van der Waals surface area contributed by atoms with E-state index in [9.17, 15) is 4.79 Å². The summed E-state index contributed by atoms with van der Waals surface area (Å²) in [6, 6.07) is 30.8. The summed E-state index contributed by atoms with van der Waals surface area (Å²) in [7, 11) is 0. The van der Waals surface area contributed by atoms with Gasteiger partial charge in [0.2, 0.25) is 0 Å². The third-order valence-corrected chi connectivity index (χ3v) is 7.39. The first kappa shape index (κ1) is 20.2. The Bertz CT molecular complexity index is 961. The van der Waals surface area contributed by atoms with Crippen molar-refractivity contribution < 1.29 is 4.79 Å². The summed E-state index contributed by atoms with van der Waals surface area (Å²) in [6.07, 6.45) is 8.84. The Morgan fingerprint density at radius 1 is 0.750 bits per heavy atom. The van der Waals surface area contributed by atoms with Crippen LogP contribution in [0, 0.1) is 0 Å². The monoisotopic (exact) mass is 448 g/mol. The fraction of sp³-hybridized carbons (Fsp3) is 0. The van der Waals surface area contributed by atoms with Crippen molar-refractivity contribution in [3.63, 3.8) is 0 Å². The van der Waals surface area contributed by atoms with Crippen LogP contribution in [0.2, 0.25) is 0 Å². The zero-order valence-corrected chi connectivity index (χ0v) is 17.8. The summed E-state index contributed by atoms with van der Waals surface area (Å²) in [6.45, 7) is 0. The van der Waals surface area contributed by atoms with Gasteiger partial charge in [0.05, 0.1) is 0 Å². The Balaban J connectivity index is 1.90. The van der Waals surface area contributed by atoms with Gasteiger partial charge < -0.3 is 0 Å². The van der Waals surface area contributed by atoms with E-state index in [-0.39, 0.29) is 15.0 Å². The summed E-state index contributed by atoms with van der Waals surface area (Å²) in [5.74, 6) is 0. The van der Waals surface area contributed by atoms with Gasteiger partial charge in [-0.2, -0.15) is 0 Å². The van der Waals surface area contributed by atoms with Gasteiger partial charge in [-0.3, -0.25) is 0 Å². The van der Waals surface area contributed by atoms with Crippen molar-refractivity contribution in [1.82, 2.24) is 0 Å². The molecule has 0 aromatic heterocycles. The number of allylic oxidation sites excluding steroid dienone is 4. The van der Waals surface area contributed by atoms with Crippen molar-refractivity contribution in [2.45, 2.75) is 4.90 Å². The number of rotatable bonds is 8. The molecule has 28 heavy (non-hydrogen) atoms. The van der Waals surface area contributed by atoms with Crippen LogP contribution >= 0.6 is 11.8 Å². The molecule has 3 aromatic rings. The SMILES string of the molecule is O=C/C=C(Sc1ccccc1)/C(=C/C=C/c1ccccc1)[Se]c1ccccc1. The second-order valence-electron chi connectivity index (χ2n) is 5.80. The van der Waals surface area contributed by atoms with E-state index in [0.717, 1.165) is 21.7 Å². The molecule has 3 rings (SSSR count). The second kappa shape index (κ2) is 11.3. The van der Waals surface area contributed by atoms with E-state index in [0.29, 0.717) is 0 Å². The van der Waals surface area contributed by atoms with Crippen molar-refractivity contribution in [2.24, 2.45) is 0 Å². The van der Waals surface area contributed by atoms with Crippen LogP contribution in [0.25, 0.3) is 6.08 Å². The van der Waals surface area contributed by atoms with Crippen LogP contribution in [-0.2, 0) is 4.79 Å². The average Bonchev–Trinajstić information content (AvgIpc) is 2.75. The zero-order chi connectivity index (χ0) is 19.4. The van der Waals surface area contributed by atoms with E-state index in [1.165, 1.54) is 8.93 Å². The molecule has 3 heteroatoms. The normalized spacial score (nSPS) is 12.3. The summed E-state index contributed by atoms with van der Waals surface area (Å²) < 4.78 is 2.45. The fourth-order valence-electron chi connectivity index (χ4n) is 2.44. The Morgan fingerprint density at radius 3 is 2.00 bits per heavy atom. The molecule has 3 aromatic carbocycles. The van der Waals surface area contributed by atoms with Gasteiger partial charge in [0, 0.05) is 0 Å². The second-order valence-corrected chi connectivity index (χ2v) is 9.25. The summed E-state index contributed by atoms with van der Waals surface area (Å²) >= 11 is 1.73. The summed E-state index contributed by atoms with van der Waals surface area (Å²) in [5, 5.41) is 0. The van der Waals surface area contributed by atoms with Crippen molar-refractivity contribution in [3.8, 4) is 0 Å². The van der Waals surface area contributed by atoms with Gasteiger partial charge in [0.1, 0.15) is 0 Å². The molecule has 0 fully saturated rings. The Kier molecular flexibility index (Phi) is 8.14. The predicted octanol–water partition coefficient (Wildman–Crippen LogP) is 5.49. The molecule has 0 aliphatic carbocycles. The van der Waals surface area contributed by atoms with Crippen molar-refractivity contribution in [2.75, 3.05) is 0 Å². The summed E-state index contributed by atoms with van der Waals surface area (Å²) in [4.78, 5) is 13.4. The molecule has 1 nitrogen and oxygen atoms in total. The van der Waals surface area contributed by atoms with Crippen molar-refractivity contribution in [1.29, 1.82) is 0 Å². The van der Waals surface area contributed by atoms with E-state index >= 15 is 0 Å². The minimum atomic E-state index is 0.0961. The average molecular weight is 447 g/mol. The summed E-state index contributed by atoms with van der Waals surface area (Å²) in [5.41, 5.74) is 1.15. The fourth-order valence-corrected chi connectivity index (χ4v) is 5.56. The number of carbonyl (C=O) groups excluding carboxylic acids is 1. The van der Waals surface area contributed by atoms with Gasteiger partial charge in [-0.15, -0.1) is 0 Å². The molecular weight excluding hydrogens is 427 g/mol. The van der Waals surface area contributed by atoms with Crippen LogP contribution in [0.4, 0.5) is 0 Å². The molecule has 0 aliphatic heterocycles. The molecule has 0 saturated carbocycles. The quantitative estimate of drug-likeness (QED) is 0.149. The van der Waals surface area contributed by atoms with Crippen LogP contribution < -0.4 is 4.46 Å². The van der Waals surface area contributed by atoms with E-state index in [2.05, 4.69) is 66.8 Å². The molecule has 0 N–H and O–H groups in total. The van der Waals surface area contributed by atoms with Crippen LogP contribution in [0.5, 0.6) is 0 Å². The Hall–Kier alpha value is -2.58. The number of thioether (sulfide) groups is 1. The van der Waals surface area contributed by atoms with Gasteiger partial charge in [0.25, 0.3) is 0 Å². The maximum atomic E-state index is 11.3. The van der Waals surface area contributed by atoms with Gasteiger partial charge in [-0.05, 0) is 0 Å². The molecule has 0 unspecified atom stereocenters. The van der Waals surface area contributed by atoms with E-state index in [1.54, 1.807) is 17.8 Å². The molecule has 0 atom stereocenters. The van der Waals surface area contributed by atoms with E-state index in [4.69, 9.17) is 0 Å². The molecule has 0 amide bonds. The molecule has 0 aliphatic rings. The van der Waals surface area contributed by atoms with Gasteiger partial charge in [0.15, 0.2) is 0 Å². The van der Waals surface area contributed by atoms with Gasteiger partial charge >= 0.3 is 177 Å². The van der Waals surface area contributed by atoms with Gasteiger partial charge in [-0.25, -0.2) is 0 Å². The molecule has 0 spiro atoms. The Labute approximate surface area is 177 Å². The van der Waals surface area contributed by atoms with E-state index in [1.807, 2.05) is 42.5 Å². The van der Waals surface area contributed by atoms with E-state index < -0.39 is 0 Å². The third kappa shape index (κ3) is 6.54. The third-order valence-electron chi connectivity index (χ3n) is 3.74. The topological polar surface area (TPSA) is 17.1 Å². The zero-order valence-electron chi connectivity index (χ0n) is 15.3. The standard InChI is InChI=1S/C25H20OSSe/c26-20-19-24(27-22-14-6-2-7-15-22)25(28-23-16-8-3-9-17-23)18-10-13-21-11-4-1-5-12-21/h1-20H/b13-10+,24-19-,25-18-. The molecular formula is C25H20OSSe. The van der Waals surface area contributed by atoms with Crippen molar-refractivity contribution >= 4 is 43.5 Å². The maximum absolute atomic E-state index is 11.3. The molecule has 0 bridgehead atoms. The predicted molar refractivity (Wildman–Crippen MR) is 122 cm³/mol. The number of benzene rings is 3. The van der Waals surface area contributed by atoms with Crippen LogP contribution in [0.3, 0.4) is 0 Å². The number of hydrogen-bond donors (Lipinski definition) is 0. The number of aldehydes is 1. The van der Waals surface area contributed by atoms with Crippen LogP contribution in [0.15, 0.2) is 123 Å². The Morgan fingerprint density at radius 2 is 1.36 bits per heavy atom. The minimum absolute atomic E-state index is 0.0961. The molecule has 138 valence electrons. The number of carbonyl (C=O) groups is 1. The van der Waals surface area contributed by atoms with Gasteiger partial charge in [-0.1, -0.05) is 0 Å². The first-order chi connectivity index (χ1) is 13.8. The molecule has 0 saturated heterocycles. The van der Waals surface area contributed by atoms with Crippen molar-refractivity contribution in [3.05, 3.63) is 124 Å². The number of hydrogen-bond acceptors (Lipinski definition) is 2.